The maximum absolute atomic E-state index is 12.9. The quantitative estimate of drug-likeness (QED) is 0.519. The van der Waals surface area contributed by atoms with Crippen molar-refractivity contribution in [3.63, 3.8) is 0 Å². The van der Waals surface area contributed by atoms with Crippen LogP contribution in [0, 0.1) is 12.8 Å². The molecule has 1 aliphatic carbocycles. The van der Waals surface area contributed by atoms with Crippen LogP contribution in [-0.2, 0) is 9.59 Å². The number of carbonyl (C=O) groups is 2. The van der Waals surface area contributed by atoms with Crippen molar-refractivity contribution >= 4 is 29.4 Å². The van der Waals surface area contributed by atoms with Crippen LogP contribution < -0.4 is 5.32 Å². The Balaban J connectivity index is 1.60. The van der Waals surface area contributed by atoms with Crippen molar-refractivity contribution in [3.8, 4) is 16.9 Å². The summed E-state index contributed by atoms with van der Waals surface area (Å²) in [6, 6.07) is 15.4. The molecule has 166 valence electrons. The summed E-state index contributed by atoms with van der Waals surface area (Å²) >= 11 is 6.03. The second-order valence-corrected chi connectivity index (χ2v) is 8.72. The van der Waals surface area contributed by atoms with E-state index in [1.165, 1.54) is 0 Å². The maximum Gasteiger partial charge on any atom is 0.246 e. The third-order valence-corrected chi connectivity index (χ3v) is 5.83. The monoisotopic (exact) mass is 450 g/mol. The zero-order valence-electron chi connectivity index (χ0n) is 18.3. The van der Waals surface area contributed by atoms with Crippen molar-refractivity contribution in [1.82, 2.24) is 14.5 Å². The molecule has 3 aromatic rings. The van der Waals surface area contributed by atoms with Gasteiger partial charge in [-0.1, -0.05) is 48.4 Å². The lowest BCUT2D eigenvalue weighted by Crippen LogP contribution is -2.39. The molecule has 6 nitrogen and oxygen atoms in total. The third-order valence-electron chi connectivity index (χ3n) is 5.57. The van der Waals surface area contributed by atoms with E-state index in [0.717, 1.165) is 35.3 Å². The molecule has 4 rings (SSSR count). The summed E-state index contributed by atoms with van der Waals surface area (Å²) < 4.78 is 1.86. The Kier molecular flexibility index (Phi) is 6.61. The second-order valence-electron chi connectivity index (χ2n) is 8.28. The van der Waals surface area contributed by atoms with Crippen LogP contribution in [0.1, 0.15) is 31.7 Å². The molecule has 1 saturated carbocycles. The highest BCUT2D eigenvalue weighted by Gasteiger charge is 2.27. The first-order valence-electron chi connectivity index (χ1n) is 10.9. The van der Waals surface area contributed by atoms with Gasteiger partial charge in [-0.2, -0.15) is 0 Å². The van der Waals surface area contributed by atoms with Gasteiger partial charge in [0.05, 0.1) is 12.2 Å². The molecule has 0 unspecified atom stereocenters. The van der Waals surface area contributed by atoms with E-state index in [2.05, 4.69) is 10.3 Å². The molecule has 1 fully saturated rings. The molecule has 32 heavy (non-hydrogen) atoms. The highest BCUT2D eigenvalue weighted by molar-refractivity contribution is 6.30. The zero-order valence-corrected chi connectivity index (χ0v) is 19.1. The Labute approximate surface area is 193 Å². The lowest BCUT2D eigenvalue weighted by molar-refractivity contribution is -0.134. The Hall–Kier alpha value is -3.12. The fourth-order valence-corrected chi connectivity index (χ4v) is 3.68. The largest absolute Gasteiger partial charge is 0.333 e. The summed E-state index contributed by atoms with van der Waals surface area (Å²) in [5.74, 6) is 0.674. The fraction of sp³-hybridized carbons (Fsp3) is 0.320. The molecule has 0 spiro atoms. The van der Waals surface area contributed by atoms with Crippen molar-refractivity contribution in [2.24, 2.45) is 5.92 Å². The number of rotatable bonds is 8. The molecule has 0 radical (unpaired) electrons. The molecule has 0 bridgehead atoms. The molecule has 0 aliphatic heterocycles. The van der Waals surface area contributed by atoms with Crippen LogP contribution in [0.15, 0.2) is 54.7 Å². The molecule has 1 heterocycles. The molecule has 7 heteroatoms. The highest BCUT2D eigenvalue weighted by atomic mass is 35.5. The van der Waals surface area contributed by atoms with Crippen LogP contribution >= 0.6 is 11.6 Å². The Morgan fingerprint density at radius 1 is 1.12 bits per heavy atom. The van der Waals surface area contributed by atoms with Crippen LogP contribution in [0.3, 0.4) is 0 Å². The number of amides is 2. The molecular formula is C25H27ClN4O2. The van der Waals surface area contributed by atoms with Gasteiger partial charge < -0.3 is 4.90 Å². The van der Waals surface area contributed by atoms with E-state index in [4.69, 9.17) is 11.6 Å². The molecular weight excluding hydrogens is 424 g/mol. The third kappa shape index (κ3) is 5.37. The topological polar surface area (TPSA) is 67.2 Å². The number of carbonyl (C=O) groups excluding carboxylic acids is 2. The van der Waals surface area contributed by atoms with E-state index in [0.29, 0.717) is 29.9 Å². The summed E-state index contributed by atoms with van der Waals surface area (Å²) in [7, 11) is 0. The number of nitrogens with zero attached hydrogens (tertiary/aromatic N) is 3. The van der Waals surface area contributed by atoms with E-state index in [9.17, 15) is 9.59 Å². The van der Waals surface area contributed by atoms with Crippen molar-refractivity contribution in [1.29, 1.82) is 0 Å². The number of hydrogen-bond acceptors (Lipinski definition) is 3. The minimum absolute atomic E-state index is 0.00391. The minimum Gasteiger partial charge on any atom is -0.333 e. The van der Waals surface area contributed by atoms with Crippen molar-refractivity contribution < 1.29 is 9.59 Å². The van der Waals surface area contributed by atoms with Crippen molar-refractivity contribution in [2.45, 2.75) is 33.1 Å². The summed E-state index contributed by atoms with van der Waals surface area (Å²) in [5, 5.41) is 3.57. The number of hydrogen-bond donors (Lipinski definition) is 1. The smallest absolute Gasteiger partial charge is 0.246 e. The zero-order chi connectivity index (χ0) is 22.7. The van der Waals surface area contributed by atoms with Crippen molar-refractivity contribution in [3.05, 3.63) is 65.3 Å². The van der Waals surface area contributed by atoms with Crippen LogP contribution in [-0.4, -0.2) is 39.4 Å². The van der Waals surface area contributed by atoms with Crippen LogP contribution in [0.5, 0.6) is 0 Å². The first kappa shape index (κ1) is 22.1. The van der Waals surface area contributed by atoms with E-state index >= 15 is 0 Å². The molecule has 1 aromatic heterocycles. The van der Waals surface area contributed by atoms with E-state index in [1.54, 1.807) is 4.90 Å². The van der Waals surface area contributed by atoms with Gasteiger partial charge in [-0.3, -0.25) is 19.5 Å². The molecule has 0 atom stereocenters. The van der Waals surface area contributed by atoms with Gasteiger partial charge in [0.2, 0.25) is 17.8 Å². The van der Waals surface area contributed by atoms with Gasteiger partial charge in [0.15, 0.2) is 0 Å². The summed E-state index contributed by atoms with van der Waals surface area (Å²) in [5.41, 5.74) is 3.65. The second kappa shape index (κ2) is 9.57. The lowest BCUT2D eigenvalue weighted by Gasteiger charge is -2.21. The predicted molar refractivity (Wildman–Crippen MR) is 127 cm³/mol. The van der Waals surface area contributed by atoms with E-state index in [-0.39, 0.29) is 18.4 Å². The number of benzene rings is 2. The van der Waals surface area contributed by atoms with Gasteiger partial charge in [0.1, 0.15) is 0 Å². The van der Waals surface area contributed by atoms with Crippen LogP contribution in [0.4, 0.5) is 5.95 Å². The van der Waals surface area contributed by atoms with Gasteiger partial charge in [-0.05, 0) is 49.9 Å². The maximum atomic E-state index is 12.9. The van der Waals surface area contributed by atoms with Gasteiger partial charge in [0.25, 0.3) is 0 Å². The van der Waals surface area contributed by atoms with E-state index < -0.39 is 0 Å². The number of aryl methyl sites for hydroxylation is 1. The standard InChI is InChI=1S/C25H27ClN4O2/c1-3-24(32)29(14-18-6-7-18)16-23(31)28-25-27-22(19-8-10-20(26)11-9-19)15-30(25)21-12-4-17(2)5-13-21/h4-5,8-13,15,18H,3,6-7,14,16H2,1-2H3,(H,27,28,31). The summed E-state index contributed by atoms with van der Waals surface area (Å²) in [6.45, 7) is 4.52. The van der Waals surface area contributed by atoms with Crippen molar-refractivity contribution in [2.75, 3.05) is 18.4 Å². The number of imidazole rings is 1. The number of halogens is 1. The van der Waals surface area contributed by atoms with Gasteiger partial charge in [0, 0.05) is 35.4 Å². The molecule has 0 saturated heterocycles. The predicted octanol–water partition coefficient (Wildman–Crippen LogP) is 5.09. The highest BCUT2D eigenvalue weighted by Crippen LogP contribution is 2.30. The number of nitrogens with one attached hydrogen (secondary N) is 1. The Morgan fingerprint density at radius 3 is 2.44 bits per heavy atom. The minimum atomic E-state index is -0.255. The normalized spacial score (nSPS) is 13.1. The lowest BCUT2D eigenvalue weighted by atomic mass is 10.2. The van der Waals surface area contributed by atoms with Gasteiger partial charge >= 0.3 is 0 Å². The molecule has 2 amide bonds. The summed E-state index contributed by atoms with van der Waals surface area (Å²) in [6.07, 6.45) is 4.52. The van der Waals surface area contributed by atoms with Crippen LogP contribution in [0.2, 0.25) is 5.02 Å². The van der Waals surface area contributed by atoms with Gasteiger partial charge in [-0.25, -0.2) is 4.98 Å². The first-order chi connectivity index (χ1) is 15.4. The van der Waals surface area contributed by atoms with Crippen LogP contribution in [0.25, 0.3) is 16.9 Å². The number of anilines is 1. The fourth-order valence-electron chi connectivity index (χ4n) is 3.56. The first-order valence-corrected chi connectivity index (χ1v) is 11.3. The molecule has 1 aliphatic rings. The Morgan fingerprint density at radius 2 is 1.81 bits per heavy atom. The van der Waals surface area contributed by atoms with Gasteiger partial charge in [-0.15, -0.1) is 0 Å². The molecule has 1 N–H and O–H groups in total. The Bertz CT molecular complexity index is 1100. The SMILES string of the molecule is CCC(=O)N(CC(=O)Nc1nc(-c2ccc(Cl)cc2)cn1-c1ccc(C)cc1)CC1CC1. The average molecular weight is 451 g/mol. The molecule has 2 aromatic carbocycles. The number of aromatic nitrogens is 2. The summed E-state index contributed by atoms with van der Waals surface area (Å²) in [4.78, 5) is 31.5. The average Bonchev–Trinajstić information content (AvgIpc) is 3.51. The van der Waals surface area contributed by atoms with E-state index in [1.807, 2.05) is 73.1 Å².